The van der Waals surface area contributed by atoms with Crippen LogP contribution in [0.15, 0.2) is 30.7 Å². The van der Waals surface area contributed by atoms with Crippen molar-refractivity contribution in [1.82, 2.24) is 15.0 Å². The lowest BCUT2D eigenvalue weighted by atomic mass is 10.1. The minimum atomic E-state index is 0.495. The minimum Gasteiger partial charge on any atom is -0.375 e. The van der Waals surface area contributed by atoms with Crippen molar-refractivity contribution in [3.8, 4) is 11.1 Å². The second-order valence-electron chi connectivity index (χ2n) is 3.73. The van der Waals surface area contributed by atoms with Crippen LogP contribution in [-0.4, -0.2) is 21.2 Å². The van der Waals surface area contributed by atoms with Crippen molar-refractivity contribution in [1.29, 1.82) is 0 Å². The van der Waals surface area contributed by atoms with Gasteiger partial charge < -0.3 is 5.73 Å². The number of aldehydes is 1. The summed E-state index contributed by atoms with van der Waals surface area (Å²) in [6.45, 7) is 0. The van der Waals surface area contributed by atoms with Gasteiger partial charge in [0.1, 0.15) is 10.3 Å². The van der Waals surface area contributed by atoms with E-state index in [1.54, 1.807) is 18.5 Å². The van der Waals surface area contributed by atoms with Gasteiger partial charge in [0.15, 0.2) is 11.4 Å². The first-order valence-corrected chi connectivity index (χ1v) is 6.00. The number of pyridine rings is 2. The summed E-state index contributed by atoms with van der Waals surface area (Å²) in [6.07, 6.45) is 5.70. The molecule has 0 aromatic carbocycles. The molecule has 0 spiro atoms. The molecule has 0 saturated heterocycles. The highest BCUT2D eigenvalue weighted by Crippen LogP contribution is 2.26. The fourth-order valence-electron chi connectivity index (χ4n) is 1.68. The van der Waals surface area contributed by atoms with Gasteiger partial charge in [-0.3, -0.25) is 9.78 Å². The Morgan fingerprint density at radius 2 is 2.00 bits per heavy atom. The van der Waals surface area contributed by atoms with E-state index in [2.05, 4.69) is 15.0 Å². The summed E-state index contributed by atoms with van der Waals surface area (Å²) >= 11 is 1.35. The maximum atomic E-state index is 10.7. The molecule has 0 aliphatic heterocycles. The normalized spacial score (nSPS) is 10.7. The third-order valence-electron chi connectivity index (χ3n) is 2.49. The fourth-order valence-corrected chi connectivity index (χ4v) is 2.33. The van der Waals surface area contributed by atoms with Crippen molar-refractivity contribution in [2.24, 2.45) is 0 Å². The maximum absolute atomic E-state index is 10.7. The molecule has 0 radical (unpaired) electrons. The fraction of sp³-hybridized carbons (Fsp3) is 0. The quantitative estimate of drug-likeness (QED) is 0.710. The van der Waals surface area contributed by atoms with Crippen molar-refractivity contribution >= 4 is 33.1 Å². The number of rotatable bonds is 2. The van der Waals surface area contributed by atoms with Gasteiger partial charge in [0.2, 0.25) is 0 Å². The molecule has 0 aliphatic carbocycles. The molecule has 0 bridgehead atoms. The lowest BCUT2D eigenvalue weighted by Gasteiger charge is -2.00. The van der Waals surface area contributed by atoms with Gasteiger partial charge in [0.05, 0.1) is 0 Å². The maximum Gasteiger partial charge on any atom is 0.182 e. The number of aromatic nitrogens is 3. The van der Waals surface area contributed by atoms with Crippen molar-refractivity contribution in [2.45, 2.75) is 0 Å². The van der Waals surface area contributed by atoms with Crippen LogP contribution in [0.25, 0.3) is 21.5 Å². The van der Waals surface area contributed by atoms with Gasteiger partial charge in [-0.1, -0.05) is 11.3 Å². The molecule has 18 heavy (non-hydrogen) atoms. The predicted molar refractivity (Wildman–Crippen MR) is 70.4 cm³/mol. The third-order valence-corrected chi connectivity index (χ3v) is 3.30. The molecule has 0 atom stereocenters. The molecule has 0 fully saturated rings. The summed E-state index contributed by atoms with van der Waals surface area (Å²) < 4.78 is 0. The van der Waals surface area contributed by atoms with Crippen LogP contribution in [0.5, 0.6) is 0 Å². The summed E-state index contributed by atoms with van der Waals surface area (Å²) in [5.74, 6) is 0. The Morgan fingerprint density at radius 1 is 1.17 bits per heavy atom. The van der Waals surface area contributed by atoms with Crippen LogP contribution >= 0.6 is 11.3 Å². The SMILES string of the molecule is Nc1nc2cc(-c3cncc(C=O)c3)cnc2s1. The Labute approximate surface area is 106 Å². The molecule has 0 unspecified atom stereocenters. The number of fused-ring (bicyclic) bond motifs is 1. The second kappa shape index (κ2) is 4.15. The Kier molecular flexibility index (Phi) is 2.49. The smallest absolute Gasteiger partial charge is 0.182 e. The van der Waals surface area contributed by atoms with Gasteiger partial charge in [-0.2, -0.15) is 0 Å². The van der Waals surface area contributed by atoms with E-state index in [1.807, 2.05) is 6.07 Å². The molecule has 3 rings (SSSR count). The summed E-state index contributed by atoms with van der Waals surface area (Å²) in [6, 6.07) is 3.65. The van der Waals surface area contributed by atoms with E-state index in [9.17, 15) is 4.79 Å². The van der Waals surface area contributed by atoms with Crippen LogP contribution in [0.2, 0.25) is 0 Å². The number of hydrogen-bond donors (Lipinski definition) is 1. The molecule has 0 amide bonds. The summed E-state index contributed by atoms with van der Waals surface area (Å²) in [5.41, 5.74) is 8.62. The second-order valence-corrected chi connectivity index (χ2v) is 4.73. The molecular formula is C12H8N4OS. The highest BCUT2D eigenvalue weighted by molar-refractivity contribution is 7.21. The molecule has 2 N–H and O–H groups in total. The van der Waals surface area contributed by atoms with E-state index >= 15 is 0 Å². The summed E-state index contributed by atoms with van der Waals surface area (Å²) in [7, 11) is 0. The number of nitrogens with zero attached hydrogens (tertiary/aromatic N) is 3. The molecule has 0 aliphatic rings. The van der Waals surface area contributed by atoms with E-state index < -0.39 is 0 Å². The Balaban J connectivity index is 2.15. The monoisotopic (exact) mass is 256 g/mol. The molecule has 0 saturated carbocycles. The van der Waals surface area contributed by atoms with Gasteiger partial charge in [0.25, 0.3) is 0 Å². The van der Waals surface area contributed by atoms with E-state index in [0.717, 1.165) is 27.8 Å². The topological polar surface area (TPSA) is 81.8 Å². The number of anilines is 1. The van der Waals surface area contributed by atoms with Crippen molar-refractivity contribution < 1.29 is 4.79 Å². The third kappa shape index (κ3) is 1.82. The van der Waals surface area contributed by atoms with E-state index in [-0.39, 0.29) is 0 Å². The van der Waals surface area contributed by atoms with Gasteiger partial charge in [-0.15, -0.1) is 0 Å². The Hall–Kier alpha value is -2.34. The molecule has 3 heterocycles. The van der Waals surface area contributed by atoms with Crippen LogP contribution in [0.3, 0.4) is 0 Å². The van der Waals surface area contributed by atoms with Crippen LogP contribution in [0.4, 0.5) is 5.13 Å². The molecule has 6 heteroatoms. The first-order valence-electron chi connectivity index (χ1n) is 5.19. The lowest BCUT2D eigenvalue weighted by molar-refractivity contribution is 0.112. The number of nitrogens with two attached hydrogens (primary N) is 1. The highest BCUT2D eigenvalue weighted by Gasteiger charge is 2.06. The first-order chi connectivity index (χ1) is 8.76. The van der Waals surface area contributed by atoms with Crippen LogP contribution < -0.4 is 5.73 Å². The summed E-state index contributed by atoms with van der Waals surface area (Å²) in [4.78, 5) is 24.0. The van der Waals surface area contributed by atoms with Crippen LogP contribution in [-0.2, 0) is 0 Å². The van der Waals surface area contributed by atoms with Crippen molar-refractivity contribution in [3.63, 3.8) is 0 Å². The van der Waals surface area contributed by atoms with Crippen molar-refractivity contribution in [2.75, 3.05) is 5.73 Å². The average molecular weight is 256 g/mol. The molecule has 5 nitrogen and oxygen atoms in total. The zero-order chi connectivity index (χ0) is 12.5. The molecule has 3 aromatic heterocycles. The summed E-state index contributed by atoms with van der Waals surface area (Å²) in [5, 5.41) is 0.495. The van der Waals surface area contributed by atoms with Gasteiger partial charge in [-0.25, -0.2) is 9.97 Å². The van der Waals surface area contributed by atoms with Crippen LogP contribution in [0, 0.1) is 0 Å². The molecular weight excluding hydrogens is 248 g/mol. The van der Waals surface area contributed by atoms with E-state index in [4.69, 9.17) is 5.73 Å². The zero-order valence-electron chi connectivity index (χ0n) is 9.20. The Bertz CT molecular complexity index is 738. The Morgan fingerprint density at radius 3 is 2.83 bits per heavy atom. The zero-order valence-corrected chi connectivity index (χ0v) is 10.0. The first kappa shape index (κ1) is 10.8. The number of hydrogen-bond acceptors (Lipinski definition) is 6. The van der Waals surface area contributed by atoms with Crippen LogP contribution in [0.1, 0.15) is 10.4 Å². The highest BCUT2D eigenvalue weighted by atomic mass is 32.1. The van der Waals surface area contributed by atoms with Gasteiger partial charge in [-0.05, 0) is 12.1 Å². The van der Waals surface area contributed by atoms with E-state index in [1.165, 1.54) is 17.5 Å². The molecule has 3 aromatic rings. The minimum absolute atomic E-state index is 0.495. The van der Waals surface area contributed by atoms with Crippen molar-refractivity contribution in [3.05, 3.63) is 36.3 Å². The predicted octanol–water partition coefficient (Wildman–Crippen LogP) is 2.15. The standard InChI is InChI=1S/C12H8N4OS/c13-12-16-10-2-9(5-15-11(10)18-12)8-1-7(6-17)3-14-4-8/h1-6H,(H2,13,16). The van der Waals surface area contributed by atoms with Gasteiger partial charge in [0, 0.05) is 35.3 Å². The number of thiazole rings is 1. The largest absolute Gasteiger partial charge is 0.375 e. The molecule has 88 valence electrons. The van der Waals surface area contributed by atoms with Gasteiger partial charge >= 0.3 is 0 Å². The lowest BCUT2D eigenvalue weighted by Crippen LogP contribution is -1.86. The number of nitrogen functional groups attached to an aromatic ring is 1. The average Bonchev–Trinajstić information content (AvgIpc) is 2.77. The number of carbonyl (C=O) groups excluding carboxylic acids is 1. The van der Waals surface area contributed by atoms with E-state index in [0.29, 0.717) is 10.7 Å². The number of carbonyl (C=O) groups is 1.